The minimum atomic E-state index is -1.22. The fourth-order valence-electron chi connectivity index (χ4n) is 4.91. The van der Waals surface area contributed by atoms with E-state index in [-0.39, 0.29) is 22.5 Å². The lowest BCUT2D eigenvalue weighted by Gasteiger charge is -2.40. The van der Waals surface area contributed by atoms with Crippen molar-refractivity contribution in [2.45, 2.75) is 70.6 Å². The van der Waals surface area contributed by atoms with E-state index in [1.807, 2.05) is 20.8 Å². The van der Waals surface area contributed by atoms with Crippen LogP contribution in [-0.2, 0) is 19.2 Å². The van der Waals surface area contributed by atoms with E-state index < -0.39 is 53.7 Å². The molecule has 1 heterocycles. The van der Waals surface area contributed by atoms with E-state index in [0.717, 1.165) is 12.8 Å². The number of hydrogen-bond donors (Lipinski definition) is 4. The molecule has 1 aliphatic carbocycles. The maximum atomic E-state index is 13.8. The third-order valence-electron chi connectivity index (χ3n) is 6.65. The number of halogens is 1. The molecule has 1 aromatic carbocycles. The van der Waals surface area contributed by atoms with Gasteiger partial charge in [0.2, 0.25) is 11.8 Å². The van der Waals surface area contributed by atoms with Crippen molar-refractivity contribution < 1.29 is 29.1 Å². The largest absolute Gasteiger partial charge is 0.481 e. The zero-order valence-corrected chi connectivity index (χ0v) is 20.7. The highest BCUT2D eigenvalue weighted by atomic mass is 35.5. The lowest BCUT2D eigenvalue weighted by molar-refractivity contribution is -0.147. The molecule has 10 nitrogen and oxygen atoms in total. The summed E-state index contributed by atoms with van der Waals surface area (Å²) in [4.78, 5) is 63.7. The molecule has 1 saturated carbocycles. The number of nitrogens with zero attached hydrogens (tertiary/aromatic N) is 1. The minimum Gasteiger partial charge on any atom is -0.481 e. The number of aldehydes is 1. The van der Waals surface area contributed by atoms with Gasteiger partial charge >= 0.3 is 5.97 Å². The third-order valence-corrected chi connectivity index (χ3v) is 6.97. The van der Waals surface area contributed by atoms with Crippen LogP contribution in [0.4, 0.5) is 5.69 Å². The topological polar surface area (TPSA) is 159 Å². The van der Waals surface area contributed by atoms with Crippen molar-refractivity contribution >= 4 is 47.3 Å². The Kier molecular flexibility index (Phi) is 7.74. The van der Waals surface area contributed by atoms with Crippen molar-refractivity contribution in [1.29, 1.82) is 0 Å². The number of fused-ring (bicyclic) bond motifs is 2. The summed E-state index contributed by atoms with van der Waals surface area (Å²) in [6.07, 6.45) is 1.93. The summed E-state index contributed by atoms with van der Waals surface area (Å²) in [7, 11) is 0. The van der Waals surface area contributed by atoms with Gasteiger partial charge in [0.25, 0.3) is 5.91 Å². The normalized spacial score (nSPS) is 22.9. The monoisotopic (exact) mass is 506 g/mol. The van der Waals surface area contributed by atoms with Gasteiger partial charge in [-0.2, -0.15) is 0 Å². The summed E-state index contributed by atoms with van der Waals surface area (Å²) < 4.78 is 0. The fourth-order valence-corrected chi connectivity index (χ4v) is 5.09. The molecular formula is C24H31ClN4O6. The number of amides is 3. The van der Waals surface area contributed by atoms with E-state index >= 15 is 0 Å². The Hall–Kier alpha value is -3.14. The van der Waals surface area contributed by atoms with E-state index in [0.29, 0.717) is 18.4 Å². The van der Waals surface area contributed by atoms with Gasteiger partial charge in [-0.05, 0) is 48.8 Å². The van der Waals surface area contributed by atoms with Gasteiger partial charge in [0.05, 0.1) is 23.2 Å². The van der Waals surface area contributed by atoms with Crippen molar-refractivity contribution in [3.8, 4) is 0 Å². The Labute approximate surface area is 208 Å². The number of aliphatic carboxylic acids is 1. The van der Waals surface area contributed by atoms with Crippen molar-refractivity contribution in [2.24, 2.45) is 11.3 Å². The molecular weight excluding hydrogens is 476 g/mol. The molecule has 3 rings (SSSR count). The summed E-state index contributed by atoms with van der Waals surface area (Å²) in [5.41, 5.74) is 5.60. The highest BCUT2D eigenvalue weighted by Gasteiger charge is 2.53. The van der Waals surface area contributed by atoms with Crippen LogP contribution >= 0.6 is 11.6 Å². The van der Waals surface area contributed by atoms with Crippen molar-refractivity contribution in [1.82, 2.24) is 15.5 Å². The molecule has 5 atom stereocenters. The second-order valence-electron chi connectivity index (χ2n) is 10.3. The van der Waals surface area contributed by atoms with Gasteiger partial charge in [-0.3, -0.25) is 19.2 Å². The second-order valence-corrected chi connectivity index (χ2v) is 10.7. The number of nitrogen functional groups attached to an aromatic ring is 1. The first-order valence-corrected chi connectivity index (χ1v) is 11.9. The molecule has 2 aliphatic rings. The number of nitrogens with one attached hydrogen (secondary N) is 2. The number of piperidine rings is 1. The Morgan fingerprint density at radius 2 is 1.91 bits per heavy atom. The average molecular weight is 507 g/mol. The Morgan fingerprint density at radius 1 is 1.23 bits per heavy atom. The number of carboxylic acid groups (broad SMARTS) is 1. The van der Waals surface area contributed by atoms with E-state index in [1.54, 1.807) is 0 Å². The summed E-state index contributed by atoms with van der Waals surface area (Å²) in [6, 6.07) is 1.27. The van der Waals surface area contributed by atoms with Gasteiger partial charge in [-0.1, -0.05) is 32.4 Å². The van der Waals surface area contributed by atoms with Crippen LogP contribution in [0.25, 0.3) is 0 Å². The molecule has 1 aromatic rings. The van der Waals surface area contributed by atoms with Gasteiger partial charge in [0.15, 0.2) is 0 Å². The summed E-state index contributed by atoms with van der Waals surface area (Å²) in [6.45, 7) is 5.43. The molecule has 2 fully saturated rings. The molecule has 2 bridgehead atoms. The number of anilines is 1. The van der Waals surface area contributed by atoms with Crippen LogP contribution in [-0.4, -0.2) is 64.2 Å². The molecule has 0 radical (unpaired) electrons. The predicted octanol–water partition coefficient (Wildman–Crippen LogP) is 1.60. The number of hydrogen-bond acceptors (Lipinski definition) is 6. The fraction of sp³-hybridized carbons (Fsp3) is 0.542. The SMILES string of the molecule is CC(C)(C)[C@H](NC(=O)c1ccc(N)c(Cl)c1)C(=O)N1[C@@H]2CC[C@@H](C2)[C@H]1C(=O)N[C@H](C=O)CC(=O)O. The molecule has 0 unspecified atom stereocenters. The summed E-state index contributed by atoms with van der Waals surface area (Å²) >= 11 is 6.05. The molecule has 35 heavy (non-hydrogen) atoms. The van der Waals surface area contributed by atoms with Crippen LogP contribution in [0.3, 0.4) is 0 Å². The molecule has 0 aromatic heterocycles. The molecule has 5 N–H and O–H groups in total. The lowest BCUT2D eigenvalue weighted by Crippen LogP contribution is -2.61. The molecule has 3 amide bonds. The maximum absolute atomic E-state index is 13.8. The number of nitrogens with two attached hydrogens (primary N) is 1. The van der Waals surface area contributed by atoms with Gasteiger partial charge < -0.3 is 31.2 Å². The van der Waals surface area contributed by atoms with Crippen molar-refractivity contribution in [3.63, 3.8) is 0 Å². The summed E-state index contributed by atoms with van der Waals surface area (Å²) in [5.74, 6) is -2.79. The van der Waals surface area contributed by atoms with Gasteiger partial charge in [-0.25, -0.2) is 0 Å². The number of carbonyl (C=O) groups is 5. The minimum absolute atomic E-state index is 0.103. The zero-order chi connectivity index (χ0) is 26.1. The first kappa shape index (κ1) is 26.5. The maximum Gasteiger partial charge on any atom is 0.305 e. The quantitative estimate of drug-likeness (QED) is 0.308. The molecule has 1 saturated heterocycles. The van der Waals surface area contributed by atoms with E-state index in [1.165, 1.54) is 23.1 Å². The van der Waals surface area contributed by atoms with Crippen LogP contribution in [0.15, 0.2) is 18.2 Å². The standard InChI is InChI=1S/C24H31ClN4O6/c1-24(2,3)20(28-21(33)13-5-7-17(26)16(25)9-13)23(35)29-15-6-4-12(8-15)19(29)22(34)27-14(11-30)10-18(31)32/h5,7,9,11-12,14-15,19-20H,4,6,8,10,26H2,1-3H3,(H,27,34)(H,28,33)(H,31,32)/t12-,14-,15+,19-,20+/m0/s1. The van der Waals surface area contributed by atoms with E-state index in [9.17, 15) is 24.0 Å². The smallest absolute Gasteiger partial charge is 0.305 e. The van der Waals surface area contributed by atoms with Crippen molar-refractivity contribution in [2.75, 3.05) is 5.73 Å². The Bertz CT molecular complexity index is 1040. The predicted molar refractivity (Wildman–Crippen MR) is 129 cm³/mol. The number of likely N-dealkylation sites (tertiary alicyclic amines) is 1. The molecule has 190 valence electrons. The lowest BCUT2D eigenvalue weighted by atomic mass is 9.84. The van der Waals surface area contributed by atoms with Crippen molar-refractivity contribution in [3.05, 3.63) is 28.8 Å². The first-order valence-electron chi connectivity index (χ1n) is 11.5. The number of rotatable bonds is 8. The highest BCUT2D eigenvalue weighted by molar-refractivity contribution is 6.33. The van der Waals surface area contributed by atoms with Crippen LogP contribution in [0.5, 0.6) is 0 Å². The molecule has 0 spiro atoms. The average Bonchev–Trinajstić information content (AvgIpc) is 3.38. The zero-order valence-electron chi connectivity index (χ0n) is 19.9. The molecule has 11 heteroatoms. The van der Waals surface area contributed by atoms with Gasteiger partial charge in [-0.15, -0.1) is 0 Å². The van der Waals surface area contributed by atoms with Gasteiger partial charge in [0, 0.05) is 11.6 Å². The Balaban J connectivity index is 1.84. The Morgan fingerprint density at radius 3 is 2.49 bits per heavy atom. The number of carbonyl (C=O) groups excluding carboxylic acids is 4. The van der Waals surface area contributed by atoms with Gasteiger partial charge in [0.1, 0.15) is 18.4 Å². The number of carboxylic acids is 1. The first-order chi connectivity index (χ1) is 16.3. The van der Waals surface area contributed by atoms with Crippen LogP contribution in [0.1, 0.15) is 56.8 Å². The highest BCUT2D eigenvalue weighted by Crippen LogP contribution is 2.43. The van der Waals surface area contributed by atoms with Crippen LogP contribution < -0.4 is 16.4 Å². The number of benzene rings is 1. The van der Waals surface area contributed by atoms with E-state index in [2.05, 4.69) is 10.6 Å². The molecule has 1 aliphatic heterocycles. The third kappa shape index (κ3) is 5.75. The summed E-state index contributed by atoms with van der Waals surface area (Å²) in [5, 5.41) is 14.5. The van der Waals surface area contributed by atoms with Crippen LogP contribution in [0.2, 0.25) is 5.02 Å². The second kappa shape index (κ2) is 10.2. The van der Waals surface area contributed by atoms with E-state index in [4.69, 9.17) is 22.4 Å². The van der Waals surface area contributed by atoms with Crippen LogP contribution in [0, 0.1) is 11.3 Å².